The first-order valence-electron chi connectivity index (χ1n) is 6.96. The van der Waals surface area contributed by atoms with Gasteiger partial charge in [-0.15, -0.1) is 16.2 Å². The quantitative estimate of drug-likeness (QED) is 0.645. The van der Waals surface area contributed by atoms with Crippen LogP contribution in [-0.4, -0.2) is 15.9 Å². The third-order valence-electron chi connectivity index (χ3n) is 3.04. The molecule has 0 spiro atoms. The number of aryl methyl sites for hydroxylation is 1. The molecule has 3 rings (SSSR count). The number of carbonyl (C=O) groups is 1. The lowest BCUT2D eigenvalue weighted by molar-refractivity contribution is -0.114. The molecule has 0 unspecified atom stereocenters. The molecular weight excluding hydrogens is 346 g/mol. The van der Waals surface area contributed by atoms with Crippen LogP contribution in [0.25, 0.3) is 10.6 Å². The minimum atomic E-state index is -0.149. The van der Waals surface area contributed by atoms with Crippen molar-refractivity contribution in [2.45, 2.75) is 13.8 Å². The molecule has 9 heteroatoms. The minimum absolute atomic E-state index is 0.149. The van der Waals surface area contributed by atoms with Crippen molar-refractivity contribution >= 4 is 50.2 Å². The second kappa shape index (κ2) is 6.85. The van der Waals surface area contributed by atoms with Crippen LogP contribution in [0.15, 0.2) is 34.8 Å². The summed E-state index contributed by atoms with van der Waals surface area (Å²) in [6, 6.07) is 6.81. The number of hydrogen-bond donors (Lipinski definition) is 2. The van der Waals surface area contributed by atoms with Crippen LogP contribution >= 0.6 is 22.7 Å². The summed E-state index contributed by atoms with van der Waals surface area (Å²) in [6.45, 7) is 3.33. The molecule has 1 aromatic carbocycles. The van der Waals surface area contributed by atoms with E-state index in [2.05, 4.69) is 25.8 Å². The average Bonchev–Trinajstić information content (AvgIpc) is 3.14. The maximum atomic E-state index is 11.1. The summed E-state index contributed by atoms with van der Waals surface area (Å²) in [5.74, 6) is -0.149. The summed E-state index contributed by atoms with van der Waals surface area (Å²) < 4.78 is 0. The molecule has 3 aromatic rings. The fourth-order valence-electron chi connectivity index (χ4n) is 2.00. The Morgan fingerprint density at radius 2 is 1.92 bits per heavy atom. The fraction of sp³-hybridized carbons (Fsp3) is 0.133. The number of benzene rings is 1. The number of anilines is 3. The lowest BCUT2D eigenvalue weighted by atomic mass is 10.3. The average molecular weight is 359 g/mol. The van der Waals surface area contributed by atoms with Crippen LogP contribution in [-0.2, 0) is 4.79 Å². The van der Waals surface area contributed by atoms with E-state index in [1.54, 1.807) is 24.3 Å². The second-order valence-corrected chi connectivity index (χ2v) is 6.77. The summed E-state index contributed by atoms with van der Waals surface area (Å²) >= 11 is 2.86. The highest BCUT2D eigenvalue weighted by Gasteiger charge is 2.14. The molecule has 0 bridgehead atoms. The molecular formula is C15H13N5O2S2. The number of amides is 1. The van der Waals surface area contributed by atoms with Gasteiger partial charge in [-0.1, -0.05) is 11.3 Å². The van der Waals surface area contributed by atoms with Crippen LogP contribution in [0.5, 0.6) is 0 Å². The van der Waals surface area contributed by atoms with Crippen LogP contribution in [0.4, 0.5) is 21.6 Å². The van der Waals surface area contributed by atoms with Crippen molar-refractivity contribution in [3.63, 3.8) is 0 Å². The Hall–Kier alpha value is -2.65. The van der Waals surface area contributed by atoms with E-state index in [-0.39, 0.29) is 5.91 Å². The van der Waals surface area contributed by atoms with E-state index < -0.39 is 0 Å². The molecule has 2 heterocycles. The Morgan fingerprint density at radius 1 is 1.17 bits per heavy atom. The smallest absolute Gasteiger partial charge is 0.223 e. The van der Waals surface area contributed by atoms with E-state index >= 15 is 0 Å². The van der Waals surface area contributed by atoms with Gasteiger partial charge >= 0.3 is 0 Å². The predicted molar refractivity (Wildman–Crippen MR) is 97.4 cm³/mol. The van der Waals surface area contributed by atoms with Crippen molar-refractivity contribution < 1.29 is 4.79 Å². The van der Waals surface area contributed by atoms with Gasteiger partial charge < -0.3 is 10.6 Å². The molecule has 2 aromatic heterocycles. The van der Waals surface area contributed by atoms with E-state index in [0.717, 1.165) is 27.1 Å². The van der Waals surface area contributed by atoms with Crippen molar-refractivity contribution in [2.24, 2.45) is 5.18 Å². The summed E-state index contributed by atoms with van der Waals surface area (Å²) in [7, 11) is 0. The Kier molecular flexibility index (Phi) is 4.63. The Labute approximate surface area is 145 Å². The van der Waals surface area contributed by atoms with Crippen LogP contribution in [0, 0.1) is 11.8 Å². The van der Waals surface area contributed by atoms with Crippen molar-refractivity contribution in [3.8, 4) is 10.6 Å². The van der Waals surface area contributed by atoms with Crippen LogP contribution in [0.3, 0.4) is 0 Å². The summed E-state index contributed by atoms with van der Waals surface area (Å²) in [4.78, 5) is 31.4. The van der Waals surface area contributed by atoms with E-state index in [0.29, 0.717) is 10.8 Å². The van der Waals surface area contributed by atoms with Gasteiger partial charge in [0.25, 0.3) is 0 Å². The Morgan fingerprint density at radius 3 is 2.58 bits per heavy atom. The van der Waals surface area contributed by atoms with Crippen molar-refractivity contribution in [1.82, 2.24) is 9.97 Å². The number of carbonyl (C=O) groups excluding carboxylic acids is 1. The van der Waals surface area contributed by atoms with E-state index in [1.165, 1.54) is 29.6 Å². The largest absolute Gasteiger partial charge is 0.332 e. The molecule has 0 fully saturated rings. The molecule has 0 atom stereocenters. The first-order chi connectivity index (χ1) is 11.5. The highest BCUT2D eigenvalue weighted by atomic mass is 32.1. The topological polar surface area (TPSA) is 96.3 Å². The Bertz CT molecular complexity index is 886. The molecule has 122 valence electrons. The molecule has 0 aliphatic heterocycles. The highest BCUT2D eigenvalue weighted by Crippen LogP contribution is 2.35. The van der Waals surface area contributed by atoms with Gasteiger partial charge in [0.2, 0.25) is 5.91 Å². The van der Waals surface area contributed by atoms with Crippen LogP contribution in [0.1, 0.15) is 12.6 Å². The molecule has 0 aliphatic rings. The zero-order chi connectivity index (χ0) is 17.1. The highest BCUT2D eigenvalue weighted by molar-refractivity contribution is 7.20. The minimum Gasteiger partial charge on any atom is -0.332 e. The molecule has 1 amide bonds. The number of nitroso groups, excluding NO2 is 1. The molecule has 0 radical (unpaired) electrons. The predicted octanol–water partition coefficient (Wildman–Crippen LogP) is 4.67. The fourth-order valence-corrected chi connectivity index (χ4v) is 3.77. The number of thiazole rings is 2. The zero-order valence-corrected chi connectivity index (χ0v) is 14.5. The van der Waals surface area contributed by atoms with Gasteiger partial charge in [0.15, 0.2) is 10.3 Å². The monoisotopic (exact) mass is 359 g/mol. The van der Waals surface area contributed by atoms with Gasteiger partial charge in [0.1, 0.15) is 5.69 Å². The van der Waals surface area contributed by atoms with Gasteiger partial charge in [-0.2, -0.15) is 0 Å². The SMILES string of the molecule is CC(=O)Nc1nc(C)c(-c2csc(Nc3ccc(N=O)cc3)n2)s1. The van der Waals surface area contributed by atoms with Gasteiger partial charge in [0, 0.05) is 18.0 Å². The first-order valence-corrected chi connectivity index (χ1v) is 8.66. The van der Waals surface area contributed by atoms with Crippen molar-refractivity contribution in [2.75, 3.05) is 10.6 Å². The van der Waals surface area contributed by atoms with Gasteiger partial charge in [-0.05, 0) is 36.4 Å². The van der Waals surface area contributed by atoms with Crippen LogP contribution in [0.2, 0.25) is 0 Å². The lowest BCUT2D eigenvalue weighted by Crippen LogP contribution is -2.04. The third-order valence-corrected chi connectivity index (χ3v) is 4.89. The van der Waals surface area contributed by atoms with Crippen molar-refractivity contribution in [3.05, 3.63) is 40.2 Å². The van der Waals surface area contributed by atoms with E-state index in [1.807, 2.05) is 12.3 Å². The first kappa shape index (κ1) is 16.2. The molecule has 7 nitrogen and oxygen atoms in total. The number of nitrogens with zero attached hydrogens (tertiary/aromatic N) is 3. The van der Waals surface area contributed by atoms with Crippen molar-refractivity contribution in [1.29, 1.82) is 0 Å². The van der Waals surface area contributed by atoms with Gasteiger partial charge in [0.05, 0.1) is 16.3 Å². The summed E-state index contributed by atoms with van der Waals surface area (Å²) in [5, 5.41) is 12.0. The van der Waals surface area contributed by atoms with E-state index in [4.69, 9.17) is 0 Å². The third kappa shape index (κ3) is 3.63. The molecule has 2 N–H and O–H groups in total. The summed E-state index contributed by atoms with van der Waals surface area (Å²) in [6.07, 6.45) is 0. The number of aromatic nitrogens is 2. The van der Waals surface area contributed by atoms with E-state index in [9.17, 15) is 9.70 Å². The maximum absolute atomic E-state index is 11.1. The molecule has 24 heavy (non-hydrogen) atoms. The normalized spacial score (nSPS) is 10.4. The second-order valence-electron chi connectivity index (χ2n) is 4.92. The van der Waals surface area contributed by atoms with Gasteiger partial charge in [-0.3, -0.25) is 4.79 Å². The maximum Gasteiger partial charge on any atom is 0.223 e. The standard InChI is InChI=1S/C15H13N5O2S2/c1-8-13(24-15(16-8)17-9(2)21)12-7-23-14(19-12)18-10-3-5-11(20-22)6-4-10/h3-7H,1-2H3,(H,18,19)(H,16,17,21). The molecule has 0 saturated heterocycles. The van der Waals surface area contributed by atoms with Gasteiger partial charge in [-0.25, -0.2) is 9.97 Å². The number of nitrogens with one attached hydrogen (secondary N) is 2. The summed E-state index contributed by atoms with van der Waals surface area (Å²) in [5.41, 5.74) is 2.83. The Balaban J connectivity index is 1.78. The number of hydrogen-bond acceptors (Lipinski definition) is 8. The molecule has 0 saturated carbocycles. The zero-order valence-electron chi connectivity index (χ0n) is 12.9. The molecule has 0 aliphatic carbocycles. The number of rotatable bonds is 5. The lowest BCUT2D eigenvalue weighted by Gasteiger charge is -2.01. The van der Waals surface area contributed by atoms with Crippen LogP contribution < -0.4 is 10.6 Å².